The molecule has 3 nitrogen and oxygen atoms in total. The highest BCUT2D eigenvalue weighted by molar-refractivity contribution is 7.19. The highest BCUT2D eigenvalue weighted by Gasteiger charge is 2.20. The van der Waals surface area contributed by atoms with Crippen molar-refractivity contribution in [3.63, 3.8) is 0 Å². The molecule has 0 unspecified atom stereocenters. The molecule has 2 aromatic carbocycles. The second kappa shape index (κ2) is 6.22. The van der Waals surface area contributed by atoms with Crippen LogP contribution in [0.15, 0.2) is 53.1 Å². The Kier molecular flexibility index (Phi) is 4.06. The van der Waals surface area contributed by atoms with E-state index in [0.29, 0.717) is 15.1 Å². The van der Waals surface area contributed by atoms with Crippen LogP contribution in [0.2, 0.25) is 9.36 Å². The summed E-state index contributed by atoms with van der Waals surface area (Å²) in [5.41, 5.74) is 3.25. The van der Waals surface area contributed by atoms with Crippen molar-refractivity contribution in [2.75, 3.05) is 0 Å². The van der Waals surface area contributed by atoms with E-state index in [0.717, 1.165) is 32.5 Å². The number of thiophene rings is 1. The van der Waals surface area contributed by atoms with Gasteiger partial charge in [-0.3, -0.25) is 0 Å². The van der Waals surface area contributed by atoms with Gasteiger partial charge in [0.05, 0.1) is 16.3 Å². The molecule has 0 bridgehead atoms. The Morgan fingerprint density at radius 2 is 1.96 bits per heavy atom. The van der Waals surface area contributed by atoms with Gasteiger partial charge in [-0.05, 0) is 35.9 Å². The van der Waals surface area contributed by atoms with Crippen LogP contribution >= 0.6 is 34.5 Å². The molecule has 0 amide bonds. The molecule has 6 heteroatoms. The summed E-state index contributed by atoms with van der Waals surface area (Å²) in [5.74, 6) is 0.627. The van der Waals surface area contributed by atoms with Crippen LogP contribution in [0.5, 0.6) is 0 Å². The van der Waals surface area contributed by atoms with Gasteiger partial charge in [-0.15, -0.1) is 11.3 Å². The molecule has 4 rings (SSSR count). The number of nitrogens with zero attached hydrogens (tertiary/aromatic N) is 1. The standard InChI is InChI=1S/C18H11Cl2NO2S/c19-12-3-1-2-10(8-12)18-17-13(21-23-18)5-4-11(9-22)16(17)14-6-7-15(20)24-14/h1-8,22H,9H2. The first-order valence-electron chi connectivity index (χ1n) is 7.21. The first-order valence-corrected chi connectivity index (χ1v) is 8.78. The van der Waals surface area contributed by atoms with E-state index in [1.54, 1.807) is 0 Å². The maximum Gasteiger partial charge on any atom is 0.175 e. The maximum atomic E-state index is 9.79. The summed E-state index contributed by atoms with van der Waals surface area (Å²) in [6.07, 6.45) is 0. The van der Waals surface area contributed by atoms with Crippen LogP contribution in [0.4, 0.5) is 0 Å². The summed E-state index contributed by atoms with van der Waals surface area (Å²) in [6, 6.07) is 14.9. The van der Waals surface area contributed by atoms with Crippen LogP contribution in [0.1, 0.15) is 5.56 Å². The van der Waals surface area contributed by atoms with Gasteiger partial charge >= 0.3 is 0 Å². The Balaban J connectivity index is 2.07. The molecule has 0 aliphatic rings. The first kappa shape index (κ1) is 15.7. The summed E-state index contributed by atoms with van der Waals surface area (Å²) in [6.45, 7) is -0.0824. The minimum Gasteiger partial charge on any atom is -0.392 e. The lowest BCUT2D eigenvalue weighted by molar-refractivity contribution is 0.282. The predicted molar refractivity (Wildman–Crippen MR) is 98.7 cm³/mol. The molecule has 0 radical (unpaired) electrons. The monoisotopic (exact) mass is 375 g/mol. The zero-order chi connectivity index (χ0) is 16.7. The van der Waals surface area contributed by atoms with E-state index in [2.05, 4.69) is 5.16 Å². The van der Waals surface area contributed by atoms with Gasteiger partial charge in [0.2, 0.25) is 0 Å². The number of fused-ring (bicyclic) bond motifs is 1. The van der Waals surface area contributed by atoms with E-state index < -0.39 is 0 Å². The smallest absolute Gasteiger partial charge is 0.175 e. The number of halogens is 2. The van der Waals surface area contributed by atoms with Crippen LogP contribution in [0.25, 0.3) is 32.7 Å². The predicted octanol–water partition coefficient (Wildman–Crippen LogP) is 6.02. The van der Waals surface area contributed by atoms with Crippen molar-refractivity contribution in [2.24, 2.45) is 0 Å². The van der Waals surface area contributed by atoms with Crippen LogP contribution in [0, 0.1) is 0 Å². The van der Waals surface area contributed by atoms with E-state index in [1.165, 1.54) is 11.3 Å². The van der Waals surface area contributed by atoms with Crippen molar-refractivity contribution < 1.29 is 9.63 Å². The number of aliphatic hydroxyl groups excluding tert-OH is 1. The van der Waals surface area contributed by atoms with Gasteiger partial charge in [0.25, 0.3) is 0 Å². The zero-order valence-electron chi connectivity index (χ0n) is 12.3. The Morgan fingerprint density at radius 1 is 1.08 bits per heavy atom. The summed E-state index contributed by atoms with van der Waals surface area (Å²) in [4.78, 5) is 0.959. The van der Waals surface area contributed by atoms with Crippen molar-refractivity contribution in [1.82, 2.24) is 5.16 Å². The number of aliphatic hydroxyl groups is 1. The molecular formula is C18H11Cl2NO2S. The zero-order valence-corrected chi connectivity index (χ0v) is 14.6. The average molecular weight is 376 g/mol. The molecule has 0 saturated carbocycles. The van der Waals surface area contributed by atoms with Crippen LogP contribution in [0.3, 0.4) is 0 Å². The van der Waals surface area contributed by atoms with Crippen LogP contribution in [-0.4, -0.2) is 10.3 Å². The lowest BCUT2D eigenvalue weighted by Crippen LogP contribution is -1.90. The minimum atomic E-state index is -0.0824. The molecule has 24 heavy (non-hydrogen) atoms. The van der Waals surface area contributed by atoms with Crippen LogP contribution < -0.4 is 0 Å². The summed E-state index contributed by atoms with van der Waals surface area (Å²) >= 11 is 13.7. The Hall–Kier alpha value is -1.85. The second-order valence-corrected chi connectivity index (χ2v) is 7.43. The van der Waals surface area contributed by atoms with Gasteiger partial charge in [-0.1, -0.05) is 46.6 Å². The van der Waals surface area contributed by atoms with Gasteiger partial charge in [0.1, 0.15) is 5.52 Å². The SMILES string of the molecule is OCc1ccc2noc(-c3cccc(Cl)c3)c2c1-c1ccc(Cl)s1. The number of benzene rings is 2. The molecule has 0 atom stereocenters. The van der Waals surface area contributed by atoms with Crippen molar-refractivity contribution in [2.45, 2.75) is 6.61 Å². The van der Waals surface area contributed by atoms with Crippen molar-refractivity contribution in [1.29, 1.82) is 0 Å². The molecule has 0 aliphatic heterocycles. The number of rotatable bonds is 3. The maximum absolute atomic E-state index is 9.79. The normalized spacial score (nSPS) is 11.3. The molecule has 0 saturated heterocycles. The lowest BCUT2D eigenvalue weighted by atomic mass is 9.98. The number of hydrogen-bond acceptors (Lipinski definition) is 4. The van der Waals surface area contributed by atoms with Gasteiger partial charge in [0.15, 0.2) is 5.76 Å². The second-order valence-electron chi connectivity index (χ2n) is 5.28. The fourth-order valence-electron chi connectivity index (χ4n) is 2.77. The third kappa shape index (κ3) is 2.62. The molecule has 2 heterocycles. The molecule has 120 valence electrons. The van der Waals surface area contributed by atoms with Crippen molar-refractivity contribution in [3.8, 4) is 21.8 Å². The van der Waals surface area contributed by atoms with Crippen molar-refractivity contribution in [3.05, 3.63) is 63.5 Å². The summed E-state index contributed by atoms with van der Waals surface area (Å²) in [5, 5.41) is 15.4. The molecule has 0 spiro atoms. The van der Waals surface area contributed by atoms with Crippen LogP contribution in [-0.2, 0) is 6.61 Å². The Labute approximate surface area is 152 Å². The topological polar surface area (TPSA) is 46.3 Å². The summed E-state index contributed by atoms with van der Waals surface area (Å²) < 4.78 is 6.29. The lowest BCUT2D eigenvalue weighted by Gasteiger charge is -2.08. The molecule has 4 aromatic rings. The molecular weight excluding hydrogens is 365 g/mol. The molecule has 0 fully saturated rings. The summed E-state index contributed by atoms with van der Waals surface area (Å²) in [7, 11) is 0. The Bertz CT molecular complexity index is 1040. The largest absolute Gasteiger partial charge is 0.392 e. The highest BCUT2D eigenvalue weighted by atomic mass is 35.5. The van der Waals surface area contributed by atoms with E-state index >= 15 is 0 Å². The number of aromatic nitrogens is 1. The van der Waals surface area contributed by atoms with Crippen molar-refractivity contribution >= 4 is 45.4 Å². The van der Waals surface area contributed by atoms with Gasteiger partial charge in [-0.25, -0.2) is 0 Å². The van der Waals surface area contributed by atoms with Gasteiger partial charge in [0, 0.05) is 21.0 Å². The molecule has 2 aromatic heterocycles. The average Bonchev–Trinajstić information content (AvgIpc) is 3.20. The van der Waals surface area contributed by atoms with E-state index in [-0.39, 0.29) is 6.61 Å². The van der Waals surface area contributed by atoms with E-state index in [4.69, 9.17) is 27.7 Å². The van der Waals surface area contributed by atoms with E-state index in [1.807, 2.05) is 48.5 Å². The quantitative estimate of drug-likeness (QED) is 0.475. The van der Waals surface area contributed by atoms with Gasteiger partial charge in [-0.2, -0.15) is 0 Å². The first-order chi connectivity index (χ1) is 11.7. The fraction of sp³-hybridized carbons (Fsp3) is 0.0556. The fourth-order valence-corrected chi connectivity index (χ4v) is 4.09. The molecule has 1 N–H and O–H groups in total. The molecule has 0 aliphatic carbocycles. The minimum absolute atomic E-state index is 0.0824. The third-order valence-corrected chi connectivity index (χ3v) is 5.29. The Morgan fingerprint density at radius 3 is 2.67 bits per heavy atom. The number of hydrogen-bond donors (Lipinski definition) is 1. The van der Waals surface area contributed by atoms with Gasteiger partial charge < -0.3 is 9.63 Å². The highest BCUT2D eigenvalue weighted by Crippen LogP contribution is 2.42. The van der Waals surface area contributed by atoms with E-state index in [9.17, 15) is 5.11 Å². The third-order valence-electron chi connectivity index (χ3n) is 3.81.